The van der Waals surface area contributed by atoms with Crippen molar-refractivity contribution in [1.82, 2.24) is 4.90 Å². The Labute approximate surface area is 113 Å². The summed E-state index contributed by atoms with van der Waals surface area (Å²) in [5, 5.41) is 8.99. The highest BCUT2D eigenvalue weighted by molar-refractivity contribution is 5.94. The first kappa shape index (κ1) is 13.7. The number of benzene rings is 1. The van der Waals surface area contributed by atoms with E-state index in [1.54, 1.807) is 12.1 Å². The van der Waals surface area contributed by atoms with Crippen LogP contribution in [-0.2, 0) is 0 Å². The maximum Gasteiger partial charge on any atom is 0.337 e. The van der Waals surface area contributed by atoms with Crippen molar-refractivity contribution in [2.24, 2.45) is 0 Å². The first-order valence-electron chi connectivity index (χ1n) is 6.53. The fourth-order valence-corrected chi connectivity index (χ4v) is 2.71. The number of carboxylic acid groups (broad SMARTS) is 1. The van der Waals surface area contributed by atoms with E-state index in [-0.39, 0.29) is 5.56 Å². The van der Waals surface area contributed by atoms with Crippen LogP contribution in [0.4, 0.5) is 11.4 Å². The molecule has 3 N–H and O–H groups in total. The van der Waals surface area contributed by atoms with Crippen molar-refractivity contribution in [3.63, 3.8) is 0 Å². The predicted molar refractivity (Wildman–Crippen MR) is 76.7 cm³/mol. The fourth-order valence-electron chi connectivity index (χ4n) is 2.71. The van der Waals surface area contributed by atoms with E-state index in [2.05, 4.69) is 23.9 Å². The third kappa shape index (κ3) is 2.98. The van der Waals surface area contributed by atoms with E-state index in [0.29, 0.717) is 11.7 Å². The maximum atomic E-state index is 11.0. The molecule has 0 bridgehead atoms. The predicted octanol–water partition coefficient (Wildman–Crippen LogP) is 1.50. The molecule has 1 heterocycles. The number of anilines is 2. The second-order valence-electron chi connectivity index (χ2n) is 5.33. The number of hydrogen-bond donors (Lipinski definition) is 2. The van der Waals surface area contributed by atoms with Gasteiger partial charge >= 0.3 is 5.97 Å². The normalized spacial score (nSPS) is 19.1. The number of carbonyl (C=O) groups is 1. The molecule has 5 heteroatoms. The molecule has 5 nitrogen and oxygen atoms in total. The van der Waals surface area contributed by atoms with Gasteiger partial charge in [-0.2, -0.15) is 0 Å². The minimum atomic E-state index is -0.977. The Hall–Kier alpha value is -1.75. The summed E-state index contributed by atoms with van der Waals surface area (Å²) in [6.45, 7) is 2.00. The highest BCUT2D eigenvalue weighted by Gasteiger charge is 2.25. The van der Waals surface area contributed by atoms with Crippen molar-refractivity contribution >= 4 is 17.3 Å². The third-order valence-corrected chi connectivity index (χ3v) is 3.55. The van der Waals surface area contributed by atoms with Gasteiger partial charge < -0.3 is 20.6 Å². The lowest BCUT2D eigenvalue weighted by atomic mass is 10.1. The summed E-state index contributed by atoms with van der Waals surface area (Å²) < 4.78 is 0. The Balaban J connectivity index is 2.21. The quantitative estimate of drug-likeness (QED) is 0.806. The van der Waals surface area contributed by atoms with Gasteiger partial charge in [0.15, 0.2) is 0 Å². The Morgan fingerprint density at radius 2 is 2.26 bits per heavy atom. The summed E-state index contributed by atoms with van der Waals surface area (Å²) in [6.07, 6.45) is 2.33. The minimum Gasteiger partial charge on any atom is -0.478 e. The van der Waals surface area contributed by atoms with Crippen molar-refractivity contribution in [3.05, 3.63) is 23.8 Å². The van der Waals surface area contributed by atoms with Gasteiger partial charge in [-0.05, 0) is 45.1 Å². The van der Waals surface area contributed by atoms with Gasteiger partial charge in [-0.15, -0.1) is 0 Å². The highest BCUT2D eigenvalue weighted by atomic mass is 16.4. The summed E-state index contributed by atoms with van der Waals surface area (Å²) >= 11 is 0. The van der Waals surface area contributed by atoms with Gasteiger partial charge in [-0.1, -0.05) is 0 Å². The molecule has 19 heavy (non-hydrogen) atoms. The molecule has 0 aromatic heterocycles. The van der Waals surface area contributed by atoms with E-state index in [9.17, 15) is 4.79 Å². The highest BCUT2D eigenvalue weighted by Crippen LogP contribution is 2.28. The minimum absolute atomic E-state index is 0.173. The molecule has 1 saturated heterocycles. The smallest absolute Gasteiger partial charge is 0.337 e. The Bertz CT molecular complexity index is 474. The lowest BCUT2D eigenvalue weighted by Gasteiger charge is -2.29. The molecule has 1 aliphatic heterocycles. The molecule has 0 aliphatic carbocycles. The molecule has 104 valence electrons. The molecule has 0 spiro atoms. The topological polar surface area (TPSA) is 69.8 Å². The Morgan fingerprint density at radius 3 is 2.84 bits per heavy atom. The molecule has 1 aromatic rings. The molecule has 1 unspecified atom stereocenters. The Kier molecular flexibility index (Phi) is 3.95. The molecular weight excluding hydrogens is 242 g/mol. The molecule has 0 radical (unpaired) electrons. The van der Waals surface area contributed by atoms with Crippen LogP contribution in [0.5, 0.6) is 0 Å². The van der Waals surface area contributed by atoms with Crippen LogP contribution < -0.4 is 10.6 Å². The summed E-state index contributed by atoms with van der Waals surface area (Å²) in [6, 6.07) is 5.70. The van der Waals surface area contributed by atoms with Crippen LogP contribution in [0.25, 0.3) is 0 Å². The first-order valence-corrected chi connectivity index (χ1v) is 6.53. The van der Waals surface area contributed by atoms with Crippen LogP contribution in [-0.4, -0.2) is 49.2 Å². The summed E-state index contributed by atoms with van der Waals surface area (Å²) in [5.74, 6) is -0.977. The van der Waals surface area contributed by atoms with E-state index in [4.69, 9.17) is 10.8 Å². The number of hydrogen-bond acceptors (Lipinski definition) is 4. The molecule has 1 aliphatic rings. The summed E-state index contributed by atoms with van der Waals surface area (Å²) in [7, 11) is 4.14. The van der Waals surface area contributed by atoms with Gasteiger partial charge in [-0.25, -0.2) is 4.79 Å². The van der Waals surface area contributed by atoms with Gasteiger partial charge in [-0.3, -0.25) is 0 Å². The van der Waals surface area contributed by atoms with E-state index in [0.717, 1.165) is 18.8 Å². The lowest BCUT2D eigenvalue weighted by molar-refractivity contribution is 0.0698. The number of nitrogen functional groups attached to an aromatic ring is 1. The molecule has 1 atom stereocenters. The third-order valence-electron chi connectivity index (χ3n) is 3.55. The van der Waals surface area contributed by atoms with Gasteiger partial charge in [0.1, 0.15) is 0 Å². The number of rotatable bonds is 4. The molecule has 1 fully saturated rings. The van der Waals surface area contributed by atoms with Crippen molar-refractivity contribution in [3.8, 4) is 0 Å². The largest absolute Gasteiger partial charge is 0.478 e. The summed E-state index contributed by atoms with van der Waals surface area (Å²) in [4.78, 5) is 15.5. The zero-order valence-electron chi connectivity index (χ0n) is 11.5. The number of aromatic carboxylic acids is 1. The van der Waals surface area contributed by atoms with E-state index in [1.807, 2.05) is 6.07 Å². The van der Waals surface area contributed by atoms with Gasteiger partial charge in [0.2, 0.25) is 0 Å². The van der Waals surface area contributed by atoms with Crippen LogP contribution in [0, 0.1) is 0 Å². The first-order chi connectivity index (χ1) is 8.99. The zero-order valence-corrected chi connectivity index (χ0v) is 11.5. The number of nitrogens with two attached hydrogens (primary N) is 1. The van der Waals surface area contributed by atoms with Crippen molar-refractivity contribution in [1.29, 1.82) is 0 Å². The molecule has 0 saturated carbocycles. The molecule has 2 rings (SSSR count). The second kappa shape index (κ2) is 5.48. The zero-order chi connectivity index (χ0) is 14.0. The standard InChI is InChI=1S/C14H21N3O2/c1-16(2)9-11-4-3-7-17(11)10-5-6-12(14(18)19)13(15)8-10/h5-6,8,11H,3-4,7,9,15H2,1-2H3,(H,18,19). The SMILES string of the molecule is CN(C)CC1CCCN1c1ccc(C(=O)O)c(N)c1. The lowest BCUT2D eigenvalue weighted by Crippen LogP contribution is -2.37. The second-order valence-corrected chi connectivity index (χ2v) is 5.33. The van der Waals surface area contributed by atoms with Crippen LogP contribution >= 0.6 is 0 Å². The fraction of sp³-hybridized carbons (Fsp3) is 0.500. The molecule has 1 aromatic carbocycles. The number of nitrogens with zero attached hydrogens (tertiary/aromatic N) is 2. The number of carboxylic acids is 1. The van der Waals surface area contributed by atoms with Crippen molar-refractivity contribution in [2.75, 3.05) is 37.8 Å². The monoisotopic (exact) mass is 263 g/mol. The van der Waals surface area contributed by atoms with E-state index < -0.39 is 5.97 Å². The van der Waals surface area contributed by atoms with Crippen molar-refractivity contribution in [2.45, 2.75) is 18.9 Å². The average Bonchev–Trinajstić information content (AvgIpc) is 2.75. The van der Waals surface area contributed by atoms with Crippen molar-refractivity contribution < 1.29 is 9.90 Å². The molecular formula is C14H21N3O2. The van der Waals surface area contributed by atoms with E-state index >= 15 is 0 Å². The summed E-state index contributed by atoms with van der Waals surface area (Å²) in [5.41, 5.74) is 7.35. The number of likely N-dealkylation sites (N-methyl/N-ethyl adjacent to an activating group) is 1. The van der Waals surface area contributed by atoms with Crippen LogP contribution in [0.15, 0.2) is 18.2 Å². The van der Waals surface area contributed by atoms with Crippen LogP contribution in [0.2, 0.25) is 0 Å². The average molecular weight is 263 g/mol. The molecule has 0 amide bonds. The van der Waals surface area contributed by atoms with Gasteiger partial charge in [0, 0.05) is 30.5 Å². The van der Waals surface area contributed by atoms with Crippen LogP contribution in [0.3, 0.4) is 0 Å². The Morgan fingerprint density at radius 1 is 1.53 bits per heavy atom. The van der Waals surface area contributed by atoms with E-state index in [1.165, 1.54) is 12.8 Å². The maximum absolute atomic E-state index is 11.0. The van der Waals surface area contributed by atoms with Gasteiger partial charge in [0.25, 0.3) is 0 Å². The van der Waals surface area contributed by atoms with Gasteiger partial charge in [0.05, 0.1) is 5.56 Å². The van der Waals surface area contributed by atoms with Crippen LogP contribution in [0.1, 0.15) is 23.2 Å².